The number of para-hydroxylation sites is 1. The van der Waals surface area contributed by atoms with Crippen LogP contribution in [-0.2, 0) is 17.9 Å². The minimum atomic E-state index is -0.367. The lowest BCUT2D eigenvalue weighted by Gasteiger charge is -2.27. The van der Waals surface area contributed by atoms with Crippen LogP contribution in [0.15, 0.2) is 58.8 Å². The Morgan fingerprint density at radius 2 is 1.81 bits per heavy atom. The number of ether oxygens (including phenoxy) is 1. The first-order valence-electron chi connectivity index (χ1n) is 10.6. The summed E-state index contributed by atoms with van der Waals surface area (Å²) in [5.74, 6) is 0.425. The van der Waals surface area contributed by atoms with Crippen molar-refractivity contribution in [3.05, 3.63) is 54.1 Å². The number of carbonyl (C=O) groups is 1. The predicted octanol–water partition coefficient (Wildman–Crippen LogP) is 0.579. The highest BCUT2D eigenvalue weighted by Gasteiger charge is 2.24. The van der Waals surface area contributed by atoms with Gasteiger partial charge in [-0.1, -0.05) is 30.3 Å². The molecule has 0 bridgehead atoms. The highest BCUT2D eigenvalue weighted by Crippen LogP contribution is 2.38. The topological polar surface area (TPSA) is 85.1 Å². The molecule has 162 valence electrons. The zero-order valence-electron chi connectivity index (χ0n) is 18.0. The number of quaternary nitrogens is 2. The Labute approximate surface area is 181 Å². The molecule has 1 aliphatic heterocycles. The van der Waals surface area contributed by atoms with Crippen molar-refractivity contribution in [1.29, 1.82) is 0 Å². The molecule has 1 aliphatic rings. The first-order chi connectivity index (χ1) is 15.0. The Balaban J connectivity index is 1.54. The van der Waals surface area contributed by atoms with Gasteiger partial charge < -0.3 is 19.6 Å². The molecule has 1 fully saturated rings. The number of hydrogen-bond donors (Lipinski definition) is 3. The second-order valence-corrected chi connectivity index (χ2v) is 8.10. The second kappa shape index (κ2) is 9.28. The van der Waals surface area contributed by atoms with Gasteiger partial charge in [-0.15, -0.1) is 10.2 Å². The van der Waals surface area contributed by atoms with Crippen molar-refractivity contribution < 1.29 is 24.4 Å². The number of amides is 1. The Kier molecular flexibility index (Phi) is 6.29. The minimum absolute atomic E-state index is 0.0565. The lowest BCUT2D eigenvalue weighted by molar-refractivity contribution is -1.01. The van der Waals surface area contributed by atoms with Gasteiger partial charge in [0.1, 0.15) is 31.9 Å². The van der Waals surface area contributed by atoms with Gasteiger partial charge in [-0.3, -0.25) is 9.36 Å². The number of likely N-dealkylation sites (N-methyl/N-ethyl adjacent to an activating group) is 1. The van der Waals surface area contributed by atoms with Crippen LogP contribution in [0.5, 0.6) is 11.6 Å². The van der Waals surface area contributed by atoms with E-state index in [1.54, 1.807) is 19.2 Å². The summed E-state index contributed by atoms with van der Waals surface area (Å²) in [6, 6.07) is 15.0. The number of nitrogens with zero attached hydrogens (tertiary/aromatic N) is 3. The number of rotatable bonds is 6. The molecule has 0 radical (unpaired) electrons. The van der Waals surface area contributed by atoms with Crippen molar-refractivity contribution in [3.8, 4) is 11.6 Å². The normalized spacial score (nSPS) is 19.2. The molecule has 0 saturated carbocycles. The molecule has 0 atom stereocenters. The molecule has 2 heterocycles. The number of hydrogen-bond acceptors (Lipinski definition) is 4. The number of benzene rings is 2. The van der Waals surface area contributed by atoms with Crippen LogP contribution in [0.1, 0.15) is 5.56 Å². The molecule has 0 spiro atoms. The number of aromatic nitrogens is 1. The van der Waals surface area contributed by atoms with E-state index in [-0.39, 0.29) is 18.2 Å². The first-order valence-corrected chi connectivity index (χ1v) is 10.6. The predicted molar refractivity (Wildman–Crippen MR) is 117 cm³/mol. The quantitative estimate of drug-likeness (QED) is 0.507. The maximum absolute atomic E-state index is 12.4. The molecule has 1 saturated heterocycles. The highest BCUT2D eigenvalue weighted by molar-refractivity contribution is 5.95. The average molecular weight is 424 g/mol. The second-order valence-electron chi connectivity index (χ2n) is 8.10. The smallest absolute Gasteiger partial charge is 0.269 e. The van der Waals surface area contributed by atoms with E-state index >= 15 is 0 Å². The third-order valence-corrected chi connectivity index (χ3v) is 5.89. The van der Waals surface area contributed by atoms with Crippen LogP contribution >= 0.6 is 0 Å². The summed E-state index contributed by atoms with van der Waals surface area (Å²) in [5.41, 5.74) is 2.07. The molecule has 8 heteroatoms. The molecule has 4 rings (SSSR count). The molecule has 3 N–H and O–H groups in total. The standard InChI is InChI=1S/C23H27N5O3/c1-26-11-13-27(14-12-26)16-28-20-6-4-3-5-19(20)22(23(28)30)25-24-21(29)15-17-7-9-18(31-2)10-8-17/h3-10,30H,11-16H2,1-2H3/p+2. The SMILES string of the molecule is COc1ccc(CC(=O)N=Nc2c(O)n(C[NH+]3CC[NH+](C)CC3)c3ccccc23)cc1. The summed E-state index contributed by atoms with van der Waals surface area (Å²) < 4.78 is 7.02. The van der Waals surface area contributed by atoms with Crippen LogP contribution in [0.2, 0.25) is 0 Å². The van der Waals surface area contributed by atoms with E-state index in [2.05, 4.69) is 17.3 Å². The summed E-state index contributed by atoms with van der Waals surface area (Å²) in [4.78, 5) is 15.3. The summed E-state index contributed by atoms with van der Waals surface area (Å²) in [6.07, 6.45) is 0.140. The van der Waals surface area contributed by atoms with Crippen LogP contribution in [0.4, 0.5) is 5.69 Å². The van der Waals surface area contributed by atoms with Gasteiger partial charge >= 0.3 is 0 Å². The van der Waals surface area contributed by atoms with Gasteiger partial charge in [0.25, 0.3) is 5.91 Å². The van der Waals surface area contributed by atoms with Gasteiger partial charge in [0.05, 0.1) is 26.1 Å². The molecule has 1 aromatic heterocycles. The van der Waals surface area contributed by atoms with Crippen molar-refractivity contribution in [3.63, 3.8) is 0 Å². The molecular formula is C23H29N5O3+2. The van der Waals surface area contributed by atoms with Gasteiger partial charge in [-0.25, -0.2) is 0 Å². The Hall–Kier alpha value is -3.23. The largest absolute Gasteiger partial charge is 0.497 e. The third-order valence-electron chi connectivity index (χ3n) is 5.89. The van der Waals surface area contributed by atoms with Crippen LogP contribution in [0, 0.1) is 0 Å². The van der Waals surface area contributed by atoms with Crippen molar-refractivity contribution in [2.45, 2.75) is 13.1 Å². The summed E-state index contributed by atoms with van der Waals surface area (Å²) >= 11 is 0. The van der Waals surface area contributed by atoms with E-state index in [9.17, 15) is 9.90 Å². The molecule has 8 nitrogen and oxygen atoms in total. The highest BCUT2D eigenvalue weighted by atomic mass is 16.5. The molecule has 1 amide bonds. The first kappa shape index (κ1) is 21.0. The molecule has 3 aromatic rings. The Bertz CT molecular complexity index is 1080. The molecule has 2 aromatic carbocycles. The maximum Gasteiger partial charge on any atom is 0.269 e. The zero-order valence-corrected chi connectivity index (χ0v) is 18.0. The van der Waals surface area contributed by atoms with Crippen LogP contribution in [0.25, 0.3) is 10.9 Å². The van der Waals surface area contributed by atoms with Gasteiger partial charge in [-0.05, 0) is 23.8 Å². The van der Waals surface area contributed by atoms with E-state index in [4.69, 9.17) is 4.74 Å². The Morgan fingerprint density at radius 1 is 1.10 bits per heavy atom. The van der Waals surface area contributed by atoms with Crippen molar-refractivity contribution in [2.24, 2.45) is 10.2 Å². The fraction of sp³-hybridized carbons (Fsp3) is 0.348. The summed E-state index contributed by atoms with van der Waals surface area (Å²) in [6.45, 7) is 4.99. The lowest BCUT2D eigenvalue weighted by atomic mass is 10.1. The molecule has 0 unspecified atom stereocenters. The number of piperazine rings is 1. The van der Waals surface area contributed by atoms with Crippen LogP contribution in [-0.4, -0.2) is 55.9 Å². The lowest BCUT2D eigenvalue weighted by Crippen LogP contribution is -3.26. The van der Waals surface area contributed by atoms with Gasteiger partial charge in [0.2, 0.25) is 5.88 Å². The number of methoxy groups -OCH3 is 1. The third kappa shape index (κ3) is 4.76. The number of nitrogens with one attached hydrogen (secondary N) is 2. The van der Waals surface area contributed by atoms with Crippen LogP contribution in [0.3, 0.4) is 0 Å². The fourth-order valence-electron chi connectivity index (χ4n) is 4.00. The van der Waals surface area contributed by atoms with E-state index in [1.165, 1.54) is 9.80 Å². The van der Waals surface area contributed by atoms with Gasteiger partial charge in [0.15, 0.2) is 12.4 Å². The van der Waals surface area contributed by atoms with E-state index < -0.39 is 0 Å². The van der Waals surface area contributed by atoms with Crippen molar-refractivity contribution >= 4 is 22.5 Å². The average Bonchev–Trinajstić information content (AvgIpc) is 3.05. The fourth-order valence-corrected chi connectivity index (χ4v) is 4.00. The molecule has 0 aliphatic carbocycles. The number of azo groups is 1. The molecular weight excluding hydrogens is 394 g/mol. The monoisotopic (exact) mass is 423 g/mol. The maximum atomic E-state index is 12.4. The Morgan fingerprint density at radius 3 is 2.52 bits per heavy atom. The van der Waals surface area contributed by atoms with Gasteiger partial charge in [0, 0.05) is 5.39 Å². The minimum Gasteiger partial charge on any atom is -0.497 e. The van der Waals surface area contributed by atoms with Crippen molar-refractivity contribution in [2.75, 3.05) is 40.3 Å². The molecule has 31 heavy (non-hydrogen) atoms. The summed E-state index contributed by atoms with van der Waals surface area (Å²) in [5, 5.41) is 19.8. The van der Waals surface area contributed by atoms with E-state index in [0.717, 1.165) is 48.4 Å². The zero-order chi connectivity index (χ0) is 21.8. The van der Waals surface area contributed by atoms with Crippen LogP contribution < -0.4 is 14.5 Å². The summed E-state index contributed by atoms with van der Waals surface area (Å²) in [7, 11) is 3.81. The van der Waals surface area contributed by atoms with E-state index in [1.807, 2.05) is 41.0 Å². The number of carbonyl (C=O) groups excluding carboxylic acids is 1. The van der Waals surface area contributed by atoms with Crippen molar-refractivity contribution in [1.82, 2.24) is 4.57 Å². The van der Waals surface area contributed by atoms with Gasteiger partial charge in [-0.2, -0.15) is 0 Å². The number of aromatic hydroxyl groups is 1. The number of fused-ring (bicyclic) bond motifs is 1. The van der Waals surface area contributed by atoms with E-state index in [0.29, 0.717) is 12.4 Å².